The Morgan fingerprint density at radius 2 is 1.62 bits per heavy atom. The molecule has 3 amide bonds. The number of hydrogen-bond acceptors (Lipinski definition) is 5. The van der Waals surface area contributed by atoms with E-state index in [-0.39, 0.29) is 29.5 Å². The molecule has 0 aromatic heterocycles. The van der Waals surface area contributed by atoms with Gasteiger partial charge in [0.15, 0.2) is 0 Å². The number of nitrogens with zero attached hydrogens (tertiary/aromatic N) is 1. The van der Waals surface area contributed by atoms with Crippen LogP contribution in [0.15, 0.2) is 66.7 Å². The van der Waals surface area contributed by atoms with E-state index in [9.17, 15) is 19.5 Å². The molecule has 2 atom stereocenters. The SMILES string of the molecule is CC(C)CC(NC(=O)OC(C)(C)C)C(=O)N(C1CC1)C(C(=O)Nc1ccc2ccccc2c1)c1ccc(O)cc1. The Labute approximate surface area is 235 Å². The van der Waals surface area contributed by atoms with Crippen LogP contribution in [0.1, 0.15) is 65.5 Å². The average Bonchev–Trinajstić information content (AvgIpc) is 3.71. The van der Waals surface area contributed by atoms with Crippen molar-refractivity contribution < 1.29 is 24.2 Å². The highest BCUT2D eigenvalue weighted by atomic mass is 16.6. The maximum absolute atomic E-state index is 14.2. The van der Waals surface area contributed by atoms with E-state index >= 15 is 0 Å². The molecule has 0 bridgehead atoms. The van der Waals surface area contributed by atoms with Gasteiger partial charge >= 0.3 is 6.09 Å². The molecule has 8 heteroatoms. The molecule has 1 fully saturated rings. The van der Waals surface area contributed by atoms with Crippen molar-refractivity contribution in [2.45, 2.75) is 77.6 Å². The number of nitrogens with one attached hydrogen (secondary N) is 2. The Morgan fingerprint density at radius 1 is 0.975 bits per heavy atom. The van der Waals surface area contributed by atoms with Crippen LogP contribution in [0.2, 0.25) is 0 Å². The van der Waals surface area contributed by atoms with Crippen molar-refractivity contribution in [3.63, 3.8) is 0 Å². The maximum atomic E-state index is 14.2. The van der Waals surface area contributed by atoms with Gasteiger partial charge in [-0.1, -0.05) is 56.3 Å². The highest BCUT2D eigenvalue weighted by Crippen LogP contribution is 2.37. The zero-order valence-electron chi connectivity index (χ0n) is 23.8. The summed E-state index contributed by atoms with van der Waals surface area (Å²) in [5.74, 6) is -0.551. The minimum atomic E-state index is -0.970. The number of rotatable bonds is 9. The van der Waals surface area contributed by atoms with Crippen molar-refractivity contribution in [1.29, 1.82) is 0 Å². The molecule has 4 rings (SSSR count). The Bertz CT molecular complexity index is 1360. The molecule has 3 aromatic carbocycles. The number of anilines is 1. The average molecular weight is 546 g/mol. The van der Waals surface area contributed by atoms with E-state index in [2.05, 4.69) is 10.6 Å². The topological polar surface area (TPSA) is 108 Å². The van der Waals surface area contributed by atoms with E-state index in [4.69, 9.17) is 4.74 Å². The van der Waals surface area contributed by atoms with E-state index in [1.165, 1.54) is 12.1 Å². The van der Waals surface area contributed by atoms with Crippen molar-refractivity contribution in [1.82, 2.24) is 10.2 Å². The van der Waals surface area contributed by atoms with Crippen LogP contribution in [-0.4, -0.2) is 45.6 Å². The monoisotopic (exact) mass is 545 g/mol. The van der Waals surface area contributed by atoms with Crippen LogP contribution >= 0.6 is 0 Å². The van der Waals surface area contributed by atoms with Crippen molar-refractivity contribution in [3.8, 4) is 5.75 Å². The molecular weight excluding hydrogens is 506 g/mol. The van der Waals surface area contributed by atoms with Crippen LogP contribution in [0.25, 0.3) is 10.8 Å². The Hall–Kier alpha value is -4.07. The molecule has 40 heavy (non-hydrogen) atoms. The largest absolute Gasteiger partial charge is 0.508 e. The molecule has 1 aliphatic rings. The van der Waals surface area contributed by atoms with Crippen LogP contribution in [0.4, 0.5) is 10.5 Å². The van der Waals surface area contributed by atoms with Crippen LogP contribution in [0.5, 0.6) is 5.75 Å². The molecule has 1 aliphatic carbocycles. The van der Waals surface area contributed by atoms with E-state index < -0.39 is 23.8 Å². The van der Waals surface area contributed by atoms with Crippen LogP contribution in [0, 0.1) is 5.92 Å². The number of amides is 3. The Balaban J connectivity index is 1.68. The standard InChI is InChI=1S/C32H39N3O5/c1-20(2)18-27(34-31(39)40-32(3,4)5)30(38)35(25-14-15-25)28(22-11-16-26(36)17-12-22)29(37)33-24-13-10-21-8-6-7-9-23(21)19-24/h6-13,16-17,19-20,25,27-28,36H,14-15,18H2,1-5H3,(H,33,37)(H,34,39). The summed E-state index contributed by atoms with van der Waals surface area (Å²) < 4.78 is 5.45. The van der Waals surface area contributed by atoms with Crippen LogP contribution in [-0.2, 0) is 14.3 Å². The molecule has 3 aromatic rings. The molecule has 0 heterocycles. The minimum absolute atomic E-state index is 0.0611. The van der Waals surface area contributed by atoms with E-state index in [1.54, 1.807) is 37.8 Å². The Morgan fingerprint density at radius 3 is 2.23 bits per heavy atom. The number of benzene rings is 3. The summed E-state index contributed by atoms with van der Waals surface area (Å²) >= 11 is 0. The second kappa shape index (κ2) is 12.0. The highest BCUT2D eigenvalue weighted by Gasteiger charge is 2.44. The van der Waals surface area contributed by atoms with E-state index in [0.717, 1.165) is 23.6 Å². The zero-order chi connectivity index (χ0) is 29.0. The van der Waals surface area contributed by atoms with E-state index in [0.29, 0.717) is 17.7 Å². The predicted octanol–water partition coefficient (Wildman–Crippen LogP) is 6.16. The van der Waals surface area contributed by atoms with Gasteiger partial charge in [0, 0.05) is 11.7 Å². The lowest BCUT2D eigenvalue weighted by Crippen LogP contribution is -2.53. The maximum Gasteiger partial charge on any atom is 0.408 e. The van der Waals surface area contributed by atoms with Crippen molar-refractivity contribution in [2.24, 2.45) is 5.92 Å². The molecule has 212 valence electrons. The van der Waals surface area contributed by atoms with Gasteiger partial charge in [0.25, 0.3) is 5.91 Å². The normalized spacial score (nSPS) is 14.8. The molecule has 0 spiro atoms. The smallest absolute Gasteiger partial charge is 0.408 e. The number of phenolic OH excluding ortho intramolecular Hbond substituents is 1. The molecule has 0 saturated heterocycles. The second-order valence-electron chi connectivity index (χ2n) is 11.9. The van der Waals surface area contributed by atoms with Gasteiger partial charge < -0.3 is 25.4 Å². The zero-order valence-corrected chi connectivity index (χ0v) is 23.8. The molecule has 0 aliphatic heterocycles. The van der Waals surface area contributed by atoms with Gasteiger partial charge in [0.1, 0.15) is 23.4 Å². The third-order valence-corrected chi connectivity index (χ3v) is 6.64. The first-order chi connectivity index (χ1) is 18.9. The van der Waals surface area contributed by atoms with Crippen LogP contribution < -0.4 is 10.6 Å². The fourth-order valence-corrected chi connectivity index (χ4v) is 4.77. The molecule has 1 saturated carbocycles. The van der Waals surface area contributed by atoms with Crippen molar-refractivity contribution in [2.75, 3.05) is 5.32 Å². The summed E-state index contributed by atoms with van der Waals surface area (Å²) in [5.41, 5.74) is 0.457. The lowest BCUT2D eigenvalue weighted by molar-refractivity contribution is -0.141. The van der Waals surface area contributed by atoms with Gasteiger partial charge in [-0.15, -0.1) is 0 Å². The molecule has 0 radical (unpaired) electrons. The number of phenols is 1. The minimum Gasteiger partial charge on any atom is -0.508 e. The highest BCUT2D eigenvalue weighted by molar-refractivity contribution is 6.00. The van der Waals surface area contributed by atoms with Gasteiger partial charge in [-0.05, 0) is 86.6 Å². The number of carbonyl (C=O) groups is 3. The van der Waals surface area contributed by atoms with E-state index in [1.807, 2.05) is 56.3 Å². The van der Waals surface area contributed by atoms with Gasteiger partial charge in [0.2, 0.25) is 5.91 Å². The van der Waals surface area contributed by atoms with Gasteiger partial charge in [-0.25, -0.2) is 4.79 Å². The lowest BCUT2D eigenvalue weighted by atomic mass is 9.98. The molecule has 2 unspecified atom stereocenters. The first-order valence-corrected chi connectivity index (χ1v) is 13.8. The summed E-state index contributed by atoms with van der Waals surface area (Å²) in [7, 11) is 0. The molecular formula is C32H39N3O5. The Kier molecular flexibility index (Phi) is 8.67. The summed E-state index contributed by atoms with van der Waals surface area (Å²) in [6.07, 6.45) is 1.22. The lowest BCUT2D eigenvalue weighted by Gasteiger charge is -2.35. The number of carbonyl (C=O) groups excluding carboxylic acids is 3. The molecule has 8 nitrogen and oxygen atoms in total. The number of fused-ring (bicyclic) bond motifs is 1. The third-order valence-electron chi connectivity index (χ3n) is 6.64. The number of hydrogen-bond donors (Lipinski definition) is 3. The van der Waals surface area contributed by atoms with Crippen LogP contribution in [0.3, 0.4) is 0 Å². The van der Waals surface area contributed by atoms with Gasteiger partial charge in [-0.2, -0.15) is 0 Å². The van der Waals surface area contributed by atoms with Crippen molar-refractivity contribution in [3.05, 3.63) is 72.3 Å². The quantitative estimate of drug-likeness (QED) is 0.299. The first-order valence-electron chi connectivity index (χ1n) is 13.8. The summed E-state index contributed by atoms with van der Waals surface area (Å²) in [6, 6.07) is 17.9. The fourth-order valence-electron chi connectivity index (χ4n) is 4.77. The van der Waals surface area contributed by atoms with Gasteiger partial charge in [0.05, 0.1) is 0 Å². The summed E-state index contributed by atoms with van der Waals surface area (Å²) in [4.78, 5) is 42.5. The second-order valence-corrected chi connectivity index (χ2v) is 11.9. The summed E-state index contributed by atoms with van der Waals surface area (Å²) in [5, 5.41) is 17.7. The number of alkyl carbamates (subject to hydrolysis) is 1. The number of ether oxygens (including phenoxy) is 1. The van der Waals surface area contributed by atoms with Gasteiger partial charge in [-0.3, -0.25) is 9.59 Å². The first kappa shape index (κ1) is 28.9. The van der Waals surface area contributed by atoms with Crippen molar-refractivity contribution >= 4 is 34.4 Å². The fraction of sp³-hybridized carbons (Fsp3) is 0.406. The molecule has 3 N–H and O–H groups in total. The number of aromatic hydroxyl groups is 1. The third kappa shape index (κ3) is 7.52. The summed E-state index contributed by atoms with van der Waals surface area (Å²) in [6.45, 7) is 9.24. The predicted molar refractivity (Wildman–Crippen MR) is 156 cm³/mol.